The highest BCUT2D eigenvalue weighted by Gasteiger charge is 2.22. The van der Waals surface area contributed by atoms with Crippen molar-refractivity contribution in [1.82, 2.24) is 4.98 Å². The molecule has 2 N–H and O–H groups in total. The molecule has 1 aromatic carbocycles. The highest BCUT2D eigenvalue weighted by Crippen LogP contribution is 2.35. The second kappa shape index (κ2) is 4.64. The number of thiazole rings is 1. The average Bonchev–Trinajstić information content (AvgIpc) is 2.75. The Bertz CT molecular complexity index is 554. The van der Waals surface area contributed by atoms with Gasteiger partial charge in [-0.3, -0.25) is 10.1 Å². The van der Waals surface area contributed by atoms with Gasteiger partial charge in [0.1, 0.15) is 5.69 Å². The van der Waals surface area contributed by atoms with Crippen LogP contribution < -0.4 is 10.6 Å². The molecule has 0 unspecified atom stereocenters. The summed E-state index contributed by atoms with van der Waals surface area (Å²) in [5.74, 6) is 0. The Morgan fingerprint density at radius 1 is 1.59 bits per heavy atom. The zero-order valence-electron chi connectivity index (χ0n) is 9.29. The van der Waals surface area contributed by atoms with Crippen molar-refractivity contribution < 1.29 is 4.92 Å². The molecule has 0 atom stereocenters. The van der Waals surface area contributed by atoms with Crippen LogP contribution in [0, 0.1) is 10.1 Å². The molecule has 1 heterocycles. The van der Waals surface area contributed by atoms with Gasteiger partial charge in [0.25, 0.3) is 0 Å². The van der Waals surface area contributed by atoms with Crippen molar-refractivity contribution in [3.63, 3.8) is 0 Å². The van der Waals surface area contributed by atoms with Crippen molar-refractivity contribution >= 4 is 32.9 Å². The van der Waals surface area contributed by atoms with Gasteiger partial charge in [0.15, 0.2) is 5.52 Å². The second-order valence-electron chi connectivity index (χ2n) is 3.60. The summed E-state index contributed by atoms with van der Waals surface area (Å²) in [6, 6.07) is 3.59. The first-order chi connectivity index (χ1) is 8.15. The van der Waals surface area contributed by atoms with E-state index in [0.29, 0.717) is 24.3 Å². The molecule has 17 heavy (non-hydrogen) atoms. The standard InChI is InChI=1S/C10H12N4O2S/c1-13(5-4-11)7-2-3-8-9(12-6-17-8)10(7)14(15)16/h2-3,6H,4-5,11H2,1H3. The number of aromatic nitrogens is 1. The van der Waals surface area contributed by atoms with Crippen LogP contribution in [0.4, 0.5) is 11.4 Å². The van der Waals surface area contributed by atoms with Gasteiger partial charge >= 0.3 is 5.69 Å². The van der Waals surface area contributed by atoms with Gasteiger partial charge in [-0.15, -0.1) is 11.3 Å². The number of anilines is 1. The summed E-state index contributed by atoms with van der Waals surface area (Å²) in [5, 5.41) is 11.2. The first-order valence-corrected chi connectivity index (χ1v) is 5.95. The molecule has 6 nitrogen and oxygen atoms in total. The first-order valence-electron chi connectivity index (χ1n) is 5.07. The number of rotatable bonds is 4. The van der Waals surface area contributed by atoms with Crippen LogP contribution in [0.3, 0.4) is 0 Å². The van der Waals surface area contributed by atoms with E-state index in [2.05, 4.69) is 4.98 Å². The predicted octanol–water partition coefficient (Wildman–Crippen LogP) is 1.60. The molecule has 0 spiro atoms. The zero-order chi connectivity index (χ0) is 12.4. The van der Waals surface area contributed by atoms with E-state index < -0.39 is 0 Å². The maximum Gasteiger partial charge on any atom is 0.319 e. The highest BCUT2D eigenvalue weighted by molar-refractivity contribution is 7.16. The number of likely N-dealkylation sites (N-methyl/N-ethyl adjacent to an activating group) is 1. The second-order valence-corrected chi connectivity index (χ2v) is 4.49. The third-order valence-corrected chi connectivity index (χ3v) is 3.31. The third kappa shape index (κ3) is 2.06. The third-order valence-electron chi connectivity index (χ3n) is 2.51. The molecule has 2 rings (SSSR count). The molecule has 0 bridgehead atoms. The maximum atomic E-state index is 11.2. The fourth-order valence-electron chi connectivity index (χ4n) is 1.71. The van der Waals surface area contributed by atoms with Crippen LogP contribution in [0.25, 0.3) is 10.2 Å². The number of nitrogens with zero attached hydrogens (tertiary/aromatic N) is 3. The molecule has 0 aliphatic rings. The molecule has 2 aromatic rings. The zero-order valence-corrected chi connectivity index (χ0v) is 10.1. The molecule has 0 aliphatic carbocycles. The SMILES string of the molecule is CN(CCN)c1ccc2scnc2c1[N+](=O)[O-]. The predicted molar refractivity (Wildman–Crippen MR) is 68.6 cm³/mol. The van der Waals surface area contributed by atoms with E-state index in [-0.39, 0.29) is 10.6 Å². The minimum Gasteiger partial charge on any atom is -0.368 e. The summed E-state index contributed by atoms with van der Waals surface area (Å²) < 4.78 is 0.821. The quantitative estimate of drug-likeness (QED) is 0.659. The van der Waals surface area contributed by atoms with E-state index in [1.54, 1.807) is 23.5 Å². The molecule has 0 saturated heterocycles. The lowest BCUT2D eigenvalue weighted by atomic mass is 10.2. The lowest BCUT2D eigenvalue weighted by Crippen LogP contribution is -2.25. The van der Waals surface area contributed by atoms with Crippen molar-refractivity contribution in [2.24, 2.45) is 5.73 Å². The fraction of sp³-hybridized carbons (Fsp3) is 0.300. The van der Waals surface area contributed by atoms with Gasteiger partial charge in [-0.25, -0.2) is 4.98 Å². The van der Waals surface area contributed by atoms with Gasteiger partial charge in [0, 0.05) is 20.1 Å². The average molecular weight is 252 g/mol. The van der Waals surface area contributed by atoms with E-state index >= 15 is 0 Å². The minimum atomic E-state index is -0.385. The van der Waals surface area contributed by atoms with Gasteiger partial charge in [-0.05, 0) is 12.1 Å². The number of benzene rings is 1. The van der Waals surface area contributed by atoms with Crippen LogP contribution in [-0.4, -0.2) is 30.0 Å². The normalized spacial score (nSPS) is 10.7. The maximum absolute atomic E-state index is 11.2. The number of nitrogens with two attached hydrogens (primary N) is 1. The van der Waals surface area contributed by atoms with Crippen molar-refractivity contribution in [3.8, 4) is 0 Å². The summed E-state index contributed by atoms with van der Waals surface area (Å²) in [7, 11) is 1.79. The summed E-state index contributed by atoms with van der Waals surface area (Å²) >= 11 is 1.39. The number of hydrogen-bond donors (Lipinski definition) is 1. The van der Waals surface area contributed by atoms with Crippen LogP contribution >= 0.6 is 11.3 Å². The van der Waals surface area contributed by atoms with Crippen molar-refractivity contribution in [2.75, 3.05) is 25.0 Å². The monoisotopic (exact) mass is 252 g/mol. The van der Waals surface area contributed by atoms with E-state index in [4.69, 9.17) is 5.73 Å². The topological polar surface area (TPSA) is 85.3 Å². The van der Waals surface area contributed by atoms with E-state index in [1.807, 2.05) is 6.07 Å². The smallest absolute Gasteiger partial charge is 0.319 e. The highest BCUT2D eigenvalue weighted by atomic mass is 32.1. The molecular weight excluding hydrogens is 240 g/mol. The Balaban J connectivity index is 2.61. The Hall–Kier alpha value is -1.73. The number of fused-ring (bicyclic) bond motifs is 1. The number of hydrogen-bond acceptors (Lipinski definition) is 6. The van der Waals surface area contributed by atoms with Crippen LogP contribution in [-0.2, 0) is 0 Å². The molecule has 0 radical (unpaired) electrons. The largest absolute Gasteiger partial charge is 0.368 e. The minimum absolute atomic E-state index is 0.0553. The Morgan fingerprint density at radius 2 is 2.35 bits per heavy atom. The van der Waals surface area contributed by atoms with Crippen molar-refractivity contribution in [1.29, 1.82) is 0 Å². The van der Waals surface area contributed by atoms with Gasteiger partial charge in [-0.2, -0.15) is 0 Å². The van der Waals surface area contributed by atoms with Crippen molar-refractivity contribution in [2.45, 2.75) is 0 Å². The lowest BCUT2D eigenvalue weighted by molar-refractivity contribution is -0.382. The van der Waals surface area contributed by atoms with Crippen LogP contribution in [0.1, 0.15) is 0 Å². The molecule has 1 aromatic heterocycles. The van der Waals surface area contributed by atoms with E-state index in [9.17, 15) is 10.1 Å². The van der Waals surface area contributed by atoms with E-state index in [0.717, 1.165) is 4.70 Å². The number of nitro benzene ring substituents is 1. The van der Waals surface area contributed by atoms with E-state index in [1.165, 1.54) is 11.3 Å². The lowest BCUT2D eigenvalue weighted by Gasteiger charge is -2.17. The molecule has 0 aliphatic heterocycles. The molecule has 90 valence electrons. The molecule has 7 heteroatoms. The first kappa shape index (κ1) is 11.7. The van der Waals surface area contributed by atoms with Gasteiger partial charge < -0.3 is 10.6 Å². The summed E-state index contributed by atoms with van der Waals surface area (Å²) in [5.41, 5.74) is 8.13. The molecular formula is C10H12N4O2S. The van der Waals surface area contributed by atoms with Gasteiger partial charge in [0.2, 0.25) is 0 Å². The Labute approximate surface area is 102 Å². The van der Waals surface area contributed by atoms with Gasteiger partial charge in [0.05, 0.1) is 15.1 Å². The van der Waals surface area contributed by atoms with Crippen LogP contribution in [0.5, 0.6) is 0 Å². The molecule has 0 amide bonds. The summed E-state index contributed by atoms with van der Waals surface area (Å²) in [4.78, 5) is 16.6. The fourth-order valence-corrected chi connectivity index (χ4v) is 2.39. The van der Waals surface area contributed by atoms with Crippen LogP contribution in [0.15, 0.2) is 17.6 Å². The molecule has 0 fully saturated rings. The van der Waals surface area contributed by atoms with Gasteiger partial charge in [-0.1, -0.05) is 0 Å². The van der Waals surface area contributed by atoms with Crippen molar-refractivity contribution in [3.05, 3.63) is 27.8 Å². The Kier molecular flexibility index (Phi) is 3.21. The molecule has 0 saturated carbocycles. The van der Waals surface area contributed by atoms with Crippen LogP contribution in [0.2, 0.25) is 0 Å². The summed E-state index contributed by atoms with van der Waals surface area (Å²) in [6.07, 6.45) is 0. The number of nitro groups is 1. The summed E-state index contributed by atoms with van der Waals surface area (Å²) in [6.45, 7) is 1.01. The Morgan fingerprint density at radius 3 is 3.00 bits per heavy atom.